The van der Waals surface area contributed by atoms with Crippen LogP contribution in [0, 0.1) is 5.92 Å². The van der Waals surface area contributed by atoms with E-state index in [2.05, 4.69) is 4.98 Å². The van der Waals surface area contributed by atoms with Gasteiger partial charge in [-0.1, -0.05) is 0 Å². The summed E-state index contributed by atoms with van der Waals surface area (Å²) < 4.78 is 40.4. The van der Waals surface area contributed by atoms with Gasteiger partial charge in [0.05, 0.1) is 13.2 Å². The van der Waals surface area contributed by atoms with Gasteiger partial charge in [-0.2, -0.15) is 8.78 Å². The molecule has 0 N–H and O–H groups in total. The summed E-state index contributed by atoms with van der Waals surface area (Å²) in [5, 5.41) is 0. The zero-order chi connectivity index (χ0) is 18.5. The van der Waals surface area contributed by atoms with E-state index in [9.17, 15) is 18.4 Å². The van der Waals surface area contributed by atoms with E-state index in [1.54, 1.807) is 0 Å². The van der Waals surface area contributed by atoms with E-state index < -0.39 is 23.6 Å². The van der Waals surface area contributed by atoms with Crippen LogP contribution in [0.4, 0.5) is 8.78 Å². The molecule has 8 nitrogen and oxygen atoms in total. The predicted molar refractivity (Wildman–Crippen MR) is 87.1 cm³/mol. The zero-order valence-electron chi connectivity index (χ0n) is 14.4. The number of nitrogens with zero attached hydrogens (tertiary/aromatic N) is 4. The second kappa shape index (κ2) is 6.27. The van der Waals surface area contributed by atoms with Crippen LogP contribution in [-0.2, 0) is 23.1 Å². The predicted octanol–water partition coefficient (Wildman–Crippen LogP) is 1.23. The molecule has 10 heteroatoms. The topological polar surface area (TPSA) is 80.3 Å². The molecule has 2 aromatic heterocycles. The first kappa shape index (κ1) is 17.3. The van der Waals surface area contributed by atoms with Crippen molar-refractivity contribution in [2.75, 3.05) is 13.2 Å². The van der Waals surface area contributed by atoms with Crippen molar-refractivity contribution in [3.05, 3.63) is 27.2 Å². The molecule has 0 bridgehead atoms. The van der Waals surface area contributed by atoms with Gasteiger partial charge in [0.2, 0.25) is 0 Å². The zero-order valence-corrected chi connectivity index (χ0v) is 14.4. The van der Waals surface area contributed by atoms with Crippen molar-refractivity contribution in [2.45, 2.75) is 44.6 Å². The molecule has 0 radical (unpaired) electrons. The highest BCUT2D eigenvalue weighted by Gasteiger charge is 2.40. The third kappa shape index (κ3) is 2.67. The largest absolute Gasteiger partial charge is 0.348 e. The smallest absolute Gasteiger partial charge is 0.332 e. The highest BCUT2D eigenvalue weighted by Crippen LogP contribution is 2.38. The molecule has 0 amide bonds. The molecule has 2 aliphatic rings. The Kier molecular flexibility index (Phi) is 4.19. The van der Waals surface area contributed by atoms with Crippen LogP contribution < -0.4 is 11.2 Å². The van der Waals surface area contributed by atoms with Gasteiger partial charge in [0, 0.05) is 26.4 Å². The maximum absolute atomic E-state index is 13.2. The lowest BCUT2D eigenvalue weighted by Crippen LogP contribution is -2.43. The van der Waals surface area contributed by atoms with Crippen molar-refractivity contribution in [1.29, 1.82) is 0 Å². The van der Waals surface area contributed by atoms with E-state index in [0.29, 0.717) is 30.6 Å². The van der Waals surface area contributed by atoms with Gasteiger partial charge in [0.25, 0.3) is 5.56 Å². The SMILES string of the molecule is Cn1c(=O)n(CC2CCC3(CC2)OCCO3)c(=O)c2c1ncn2C(F)F. The highest BCUT2D eigenvalue weighted by molar-refractivity contribution is 5.70. The number of aryl methyl sites for hydroxylation is 1. The summed E-state index contributed by atoms with van der Waals surface area (Å²) in [6.07, 6.45) is 3.76. The van der Waals surface area contributed by atoms with Crippen LogP contribution in [0.2, 0.25) is 0 Å². The summed E-state index contributed by atoms with van der Waals surface area (Å²) >= 11 is 0. The fourth-order valence-corrected chi connectivity index (χ4v) is 3.94. The number of imidazole rings is 1. The van der Waals surface area contributed by atoms with E-state index in [0.717, 1.165) is 28.3 Å². The van der Waals surface area contributed by atoms with Gasteiger partial charge in [-0.3, -0.25) is 18.5 Å². The lowest BCUT2D eigenvalue weighted by Gasteiger charge is -2.35. The molecule has 3 heterocycles. The van der Waals surface area contributed by atoms with Crippen LogP contribution in [0.15, 0.2) is 15.9 Å². The second-order valence-electron chi connectivity index (χ2n) is 6.91. The number of hydrogen-bond donors (Lipinski definition) is 0. The first-order chi connectivity index (χ1) is 12.4. The second-order valence-corrected chi connectivity index (χ2v) is 6.91. The van der Waals surface area contributed by atoms with Gasteiger partial charge < -0.3 is 9.47 Å². The van der Waals surface area contributed by atoms with Gasteiger partial charge in [-0.15, -0.1) is 0 Å². The first-order valence-corrected chi connectivity index (χ1v) is 8.64. The number of rotatable bonds is 3. The minimum Gasteiger partial charge on any atom is -0.348 e. The van der Waals surface area contributed by atoms with E-state index in [-0.39, 0.29) is 23.6 Å². The molecule has 2 aromatic rings. The maximum Gasteiger partial charge on any atom is 0.332 e. The number of ether oxygens (including phenoxy) is 2. The lowest BCUT2D eigenvalue weighted by molar-refractivity contribution is -0.183. The van der Waals surface area contributed by atoms with Crippen molar-refractivity contribution in [3.8, 4) is 0 Å². The highest BCUT2D eigenvalue weighted by atomic mass is 19.3. The molecular weight excluding hydrogens is 350 g/mol. The van der Waals surface area contributed by atoms with Crippen molar-refractivity contribution in [1.82, 2.24) is 18.7 Å². The maximum atomic E-state index is 13.2. The van der Waals surface area contributed by atoms with Gasteiger partial charge in [-0.05, 0) is 18.8 Å². The monoisotopic (exact) mass is 370 g/mol. The molecule has 142 valence electrons. The first-order valence-electron chi connectivity index (χ1n) is 8.64. The standard InChI is InChI=1S/C16H20F2N4O4/c1-20-12-11(22(9-19-12)14(17)18)13(23)21(15(20)24)8-10-2-4-16(5-3-10)25-6-7-26-16/h9-10,14H,2-8H2,1H3. The van der Waals surface area contributed by atoms with Crippen LogP contribution in [0.25, 0.3) is 11.2 Å². The summed E-state index contributed by atoms with van der Waals surface area (Å²) in [5.41, 5.74) is -1.56. The molecule has 1 saturated heterocycles. The fourth-order valence-electron chi connectivity index (χ4n) is 3.94. The number of aromatic nitrogens is 4. The normalized spacial score (nSPS) is 20.6. The molecule has 26 heavy (non-hydrogen) atoms. The van der Waals surface area contributed by atoms with Gasteiger partial charge in [0.15, 0.2) is 17.0 Å². The average Bonchev–Trinajstić information content (AvgIpc) is 3.26. The number of fused-ring (bicyclic) bond motifs is 1. The molecule has 1 spiro atoms. The van der Waals surface area contributed by atoms with E-state index in [4.69, 9.17) is 9.47 Å². The number of alkyl halides is 2. The van der Waals surface area contributed by atoms with Crippen molar-refractivity contribution >= 4 is 11.2 Å². The number of hydrogen-bond acceptors (Lipinski definition) is 5. The van der Waals surface area contributed by atoms with Crippen molar-refractivity contribution in [2.24, 2.45) is 13.0 Å². The summed E-state index contributed by atoms with van der Waals surface area (Å²) in [5.74, 6) is -0.441. The van der Waals surface area contributed by atoms with Gasteiger partial charge >= 0.3 is 12.2 Å². The quantitative estimate of drug-likeness (QED) is 0.812. The Morgan fingerprint density at radius 1 is 1.27 bits per heavy atom. The molecule has 0 atom stereocenters. The minimum absolute atomic E-state index is 0.0353. The minimum atomic E-state index is -2.90. The summed E-state index contributed by atoms with van der Waals surface area (Å²) in [6.45, 7) is -1.55. The van der Waals surface area contributed by atoms with E-state index in [1.165, 1.54) is 7.05 Å². The van der Waals surface area contributed by atoms with E-state index in [1.807, 2.05) is 0 Å². The summed E-state index contributed by atoms with van der Waals surface area (Å²) in [6, 6.07) is 0. The van der Waals surface area contributed by atoms with Crippen molar-refractivity contribution < 1.29 is 18.3 Å². The molecule has 0 unspecified atom stereocenters. The van der Waals surface area contributed by atoms with Crippen LogP contribution in [-0.4, -0.2) is 37.7 Å². The molecule has 1 aliphatic heterocycles. The van der Waals surface area contributed by atoms with Crippen LogP contribution in [0.3, 0.4) is 0 Å². The van der Waals surface area contributed by atoms with Crippen LogP contribution in [0.1, 0.15) is 32.2 Å². The Morgan fingerprint density at radius 3 is 2.54 bits per heavy atom. The average molecular weight is 370 g/mol. The molecule has 2 fully saturated rings. The van der Waals surface area contributed by atoms with Gasteiger partial charge in [0.1, 0.15) is 6.33 Å². The summed E-state index contributed by atoms with van der Waals surface area (Å²) in [4.78, 5) is 29.1. The molecule has 4 rings (SSSR count). The van der Waals surface area contributed by atoms with Crippen LogP contribution >= 0.6 is 0 Å². The Morgan fingerprint density at radius 2 is 1.92 bits per heavy atom. The molecule has 1 saturated carbocycles. The third-order valence-electron chi connectivity index (χ3n) is 5.39. The molecule has 0 aromatic carbocycles. The third-order valence-corrected chi connectivity index (χ3v) is 5.39. The number of halogens is 2. The molecule has 1 aliphatic carbocycles. The Bertz CT molecular complexity index is 932. The van der Waals surface area contributed by atoms with Gasteiger partial charge in [-0.25, -0.2) is 9.78 Å². The lowest BCUT2D eigenvalue weighted by atomic mass is 9.85. The van der Waals surface area contributed by atoms with Crippen LogP contribution in [0.5, 0.6) is 0 Å². The van der Waals surface area contributed by atoms with E-state index >= 15 is 0 Å². The Labute approximate surface area is 146 Å². The summed E-state index contributed by atoms with van der Waals surface area (Å²) in [7, 11) is 1.43. The Balaban J connectivity index is 1.65. The molecular formula is C16H20F2N4O4. The van der Waals surface area contributed by atoms with Crippen molar-refractivity contribution in [3.63, 3.8) is 0 Å². The Hall–Kier alpha value is -2.07. The fraction of sp³-hybridized carbons (Fsp3) is 0.688.